The van der Waals surface area contributed by atoms with Gasteiger partial charge >= 0.3 is 0 Å². The molecule has 0 aliphatic heterocycles. The quantitative estimate of drug-likeness (QED) is 0.335. The minimum Gasteiger partial charge on any atom is -0.370 e. The zero-order valence-electron chi connectivity index (χ0n) is 11.0. The number of nitrogens with zero attached hydrogens (tertiary/aromatic N) is 1. The summed E-state index contributed by atoms with van der Waals surface area (Å²) >= 11 is 5.65. The second-order valence-corrected chi connectivity index (χ2v) is 4.66. The van der Waals surface area contributed by atoms with Crippen molar-refractivity contribution in [3.05, 3.63) is 47.0 Å². The molecule has 3 N–H and O–H groups in total. The monoisotopic (exact) mass is 415 g/mol. The Morgan fingerprint density at radius 1 is 1.40 bits per heavy atom. The summed E-state index contributed by atoms with van der Waals surface area (Å²) in [5, 5.41) is 3.10. The van der Waals surface area contributed by atoms with Crippen LogP contribution in [0.25, 0.3) is 0 Å². The Labute approximate surface area is 139 Å². The van der Waals surface area contributed by atoms with E-state index >= 15 is 0 Å². The number of benzene rings is 1. The highest BCUT2D eigenvalue weighted by Crippen LogP contribution is 2.29. The summed E-state index contributed by atoms with van der Waals surface area (Å²) in [7, 11) is 0. The van der Waals surface area contributed by atoms with E-state index in [0.717, 1.165) is 5.57 Å². The fourth-order valence-electron chi connectivity index (χ4n) is 1.27. The third-order valence-corrected chi connectivity index (χ3v) is 2.54. The third-order valence-electron chi connectivity index (χ3n) is 2.29. The first-order valence-electron chi connectivity index (χ1n) is 5.63. The topological polar surface area (TPSA) is 50.4 Å². The summed E-state index contributed by atoms with van der Waals surface area (Å²) in [5.41, 5.74) is 6.17. The summed E-state index contributed by atoms with van der Waals surface area (Å²) in [6.07, 6.45) is 0. The van der Waals surface area contributed by atoms with Crippen molar-refractivity contribution in [3.63, 3.8) is 0 Å². The molecule has 1 aromatic rings. The van der Waals surface area contributed by atoms with Crippen LogP contribution in [0.1, 0.15) is 12.5 Å². The fraction of sp³-hybridized carbons (Fsp3) is 0.308. The third kappa shape index (κ3) is 6.51. The van der Waals surface area contributed by atoms with Crippen LogP contribution in [-0.4, -0.2) is 19.0 Å². The van der Waals surface area contributed by atoms with Gasteiger partial charge in [-0.2, -0.15) is 8.78 Å². The molecular weight excluding hydrogens is 399 g/mol. The molecule has 0 atom stereocenters. The predicted molar refractivity (Wildman–Crippen MR) is 90.1 cm³/mol. The summed E-state index contributed by atoms with van der Waals surface area (Å²) in [6.45, 7) is 5.14. The highest BCUT2D eigenvalue weighted by atomic mass is 127. The molecule has 0 aliphatic rings. The minimum atomic E-state index is -3.08. The van der Waals surface area contributed by atoms with Crippen LogP contribution in [0.2, 0.25) is 5.02 Å². The van der Waals surface area contributed by atoms with Crippen molar-refractivity contribution in [2.75, 3.05) is 13.1 Å². The molecule has 1 aromatic carbocycles. The van der Waals surface area contributed by atoms with Crippen LogP contribution >= 0.6 is 35.6 Å². The van der Waals surface area contributed by atoms with Crippen molar-refractivity contribution in [1.29, 1.82) is 0 Å². The van der Waals surface area contributed by atoms with Crippen LogP contribution in [0.4, 0.5) is 8.78 Å². The molecule has 0 fully saturated rings. The molecule has 112 valence electrons. The van der Waals surface area contributed by atoms with Gasteiger partial charge in [-0.15, -0.1) is 24.0 Å². The molecule has 0 radical (unpaired) electrons. The number of aliphatic imine (C=N–C) groups is 1. The van der Waals surface area contributed by atoms with Crippen LogP contribution in [0, 0.1) is 0 Å². The lowest BCUT2D eigenvalue weighted by atomic mass is 10.1. The lowest BCUT2D eigenvalue weighted by Gasteiger charge is -2.15. The molecule has 20 heavy (non-hydrogen) atoms. The van der Waals surface area contributed by atoms with Crippen molar-refractivity contribution in [3.8, 4) is 0 Å². The highest BCUT2D eigenvalue weighted by molar-refractivity contribution is 14.0. The molecule has 0 unspecified atom stereocenters. The van der Waals surface area contributed by atoms with Crippen molar-refractivity contribution in [2.45, 2.75) is 12.8 Å². The molecule has 1 rings (SSSR count). The Hall–Kier alpha value is -0.890. The SMILES string of the molecule is C=C(C)CNC(N)=NCC(F)(F)c1ccc(Cl)cc1.I. The maximum atomic E-state index is 13.8. The number of hydrogen-bond acceptors (Lipinski definition) is 1. The normalized spacial score (nSPS) is 11.7. The maximum Gasteiger partial charge on any atom is 0.292 e. The first kappa shape index (κ1) is 19.1. The van der Waals surface area contributed by atoms with Crippen LogP contribution < -0.4 is 11.1 Å². The number of alkyl halides is 2. The van der Waals surface area contributed by atoms with E-state index in [-0.39, 0.29) is 35.5 Å². The van der Waals surface area contributed by atoms with Gasteiger partial charge in [-0.25, -0.2) is 4.99 Å². The van der Waals surface area contributed by atoms with Crippen LogP contribution in [0.15, 0.2) is 41.4 Å². The van der Waals surface area contributed by atoms with Gasteiger partial charge in [-0.3, -0.25) is 0 Å². The Kier molecular flexibility index (Phi) is 8.03. The van der Waals surface area contributed by atoms with E-state index in [1.54, 1.807) is 6.92 Å². The fourth-order valence-corrected chi connectivity index (χ4v) is 1.39. The standard InChI is InChI=1S/C13H16ClF2N3.HI/c1-9(2)7-18-12(17)19-8-13(15,16)10-3-5-11(14)6-4-10;/h3-6H,1,7-8H2,2H3,(H3,17,18,19);1H. The number of hydrogen-bond donors (Lipinski definition) is 2. The van der Waals surface area contributed by atoms with Crippen molar-refractivity contribution < 1.29 is 8.78 Å². The zero-order chi connectivity index (χ0) is 14.5. The van der Waals surface area contributed by atoms with Crippen molar-refractivity contribution >= 4 is 41.5 Å². The number of nitrogens with two attached hydrogens (primary N) is 1. The first-order valence-corrected chi connectivity index (χ1v) is 6.01. The smallest absolute Gasteiger partial charge is 0.292 e. The molecule has 0 heterocycles. The molecule has 0 aliphatic carbocycles. The predicted octanol–water partition coefficient (Wildman–Crippen LogP) is 3.53. The molecule has 0 bridgehead atoms. The van der Waals surface area contributed by atoms with Crippen LogP contribution in [0.5, 0.6) is 0 Å². The van der Waals surface area contributed by atoms with Crippen LogP contribution in [-0.2, 0) is 5.92 Å². The number of guanidine groups is 1. The van der Waals surface area contributed by atoms with E-state index in [9.17, 15) is 8.78 Å². The number of rotatable bonds is 5. The lowest BCUT2D eigenvalue weighted by Crippen LogP contribution is -2.34. The Balaban J connectivity index is 0.00000361. The van der Waals surface area contributed by atoms with Crippen LogP contribution in [0.3, 0.4) is 0 Å². The Morgan fingerprint density at radius 3 is 2.45 bits per heavy atom. The molecule has 0 saturated heterocycles. The molecule has 0 saturated carbocycles. The van der Waals surface area contributed by atoms with E-state index in [2.05, 4.69) is 16.9 Å². The van der Waals surface area contributed by atoms with Gasteiger partial charge in [0.2, 0.25) is 0 Å². The lowest BCUT2D eigenvalue weighted by molar-refractivity contribution is 0.00646. The minimum absolute atomic E-state index is 0. The second kappa shape index (κ2) is 8.41. The molecule has 0 spiro atoms. The second-order valence-electron chi connectivity index (χ2n) is 4.22. The van der Waals surface area contributed by atoms with Gasteiger partial charge in [-0.05, 0) is 19.1 Å². The summed E-state index contributed by atoms with van der Waals surface area (Å²) in [4.78, 5) is 3.63. The van der Waals surface area contributed by atoms with E-state index in [4.69, 9.17) is 17.3 Å². The van der Waals surface area contributed by atoms with Crippen molar-refractivity contribution in [2.24, 2.45) is 10.7 Å². The highest BCUT2D eigenvalue weighted by Gasteiger charge is 2.31. The summed E-state index contributed by atoms with van der Waals surface area (Å²) in [6, 6.07) is 5.37. The van der Waals surface area contributed by atoms with Gasteiger partial charge in [0.25, 0.3) is 5.92 Å². The van der Waals surface area contributed by atoms with E-state index < -0.39 is 12.5 Å². The van der Waals surface area contributed by atoms with Gasteiger partial charge in [0, 0.05) is 17.1 Å². The molecule has 0 aromatic heterocycles. The van der Waals surface area contributed by atoms with Crippen molar-refractivity contribution in [1.82, 2.24) is 5.32 Å². The van der Waals surface area contributed by atoms with E-state index in [0.29, 0.717) is 11.6 Å². The molecular formula is C13H17ClF2IN3. The largest absolute Gasteiger partial charge is 0.370 e. The Morgan fingerprint density at radius 2 is 1.95 bits per heavy atom. The average molecular weight is 416 g/mol. The zero-order valence-corrected chi connectivity index (χ0v) is 14.1. The first-order chi connectivity index (χ1) is 8.81. The van der Waals surface area contributed by atoms with Gasteiger partial charge < -0.3 is 11.1 Å². The van der Waals surface area contributed by atoms with Gasteiger partial charge in [0.05, 0.1) is 0 Å². The summed E-state index contributed by atoms with van der Waals surface area (Å²) in [5.74, 6) is -3.11. The average Bonchev–Trinajstić information content (AvgIpc) is 2.34. The van der Waals surface area contributed by atoms with Gasteiger partial charge in [0.15, 0.2) is 5.96 Å². The van der Waals surface area contributed by atoms with Gasteiger partial charge in [-0.1, -0.05) is 35.9 Å². The van der Waals surface area contributed by atoms with E-state index in [1.807, 2.05) is 0 Å². The summed E-state index contributed by atoms with van der Waals surface area (Å²) < 4.78 is 27.6. The van der Waals surface area contributed by atoms with E-state index in [1.165, 1.54) is 24.3 Å². The van der Waals surface area contributed by atoms with Gasteiger partial charge in [0.1, 0.15) is 6.54 Å². The molecule has 0 amide bonds. The molecule has 3 nitrogen and oxygen atoms in total. The number of nitrogens with one attached hydrogen (secondary N) is 1. The molecule has 7 heteroatoms. The Bertz CT molecular complexity index is 475. The maximum absolute atomic E-state index is 13.8. The number of halogens is 4.